The Bertz CT molecular complexity index is 1240. The third-order valence-corrected chi connectivity index (χ3v) is 11.2. The predicted molar refractivity (Wildman–Crippen MR) is 155 cm³/mol. The lowest BCUT2D eigenvalue weighted by molar-refractivity contribution is -0.208. The van der Waals surface area contributed by atoms with Crippen LogP contribution in [-0.4, -0.2) is 57.7 Å². The van der Waals surface area contributed by atoms with Crippen LogP contribution in [0.5, 0.6) is 0 Å². The molecule has 1 spiro atoms. The Kier molecular flexibility index (Phi) is 6.30. The summed E-state index contributed by atoms with van der Waals surface area (Å²) >= 11 is 0. The van der Waals surface area contributed by atoms with Crippen LogP contribution >= 0.6 is 0 Å². The van der Waals surface area contributed by atoms with E-state index in [4.69, 9.17) is 13.9 Å². The highest BCUT2D eigenvalue weighted by Crippen LogP contribution is 2.67. The molecule has 39 heavy (non-hydrogen) atoms. The standard InChI is InChI=1S/C32H44N2O4Si/c1-29-19-25(22-7-9-23(10-8-22)34(2)3)28-24(26(29)12-15-31(29,21-33)38-39(4,5)6)11-14-30(35)20-32(16-13-27(28)30)36-17-18-37-32/h7-10,12,15,24-26,35H,11,13-14,16-20H2,1-6H3/t24-,25+,26-,29-,30+,31-/m0/s1. The average Bonchev–Trinajstić information content (AvgIpc) is 3.44. The normalized spacial score (nSPS) is 38.8. The zero-order chi connectivity index (χ0) is 27.8. The minimum atomic E-state index is -2.02. The number of fused-ring (bicyclic) bond motifs is 4. The molecule has 2 saturated carbocycles. The van der Waals surface area contributed by atoms with Crippen LogP contribution in [0.4, 0.5) is 5.69 Å². The third-order valence-electron chi connectivity index (χ3n) is 10.3. The van der Waals surface area contributed by atoms with Crippen LogP contribution in [0.25, 0.3) is 0 Å². The van der Waals surface area contributed by atoms with Gasteiger partial charge in [0.15, 0.2) is 19.7 Å². The summed E-state index contributed by atoms with van der Waals surface area (Å²) in [6, 6.07) is 11.6. The van der Waals surface area contributed by atoms with Crippen molar-refractivity contribution in [3.05, 3.63) is 53.1 Å². The first kappa shape index (κ1) is 27.2. The van der Waals surface area contributed by atoms with E-state index in [9.17, 15) is 10.4 Å². The van der Waals surface area contributed by atoms with Crippen LogP contribution in [0.2, 0.25) is 19.6 Å². The molecule has 1 aromatic rings. The summed E-state index contributed by atoms with van der Waals surface area (Å²) in [6.07, 6.45) is 8.86. The van der Waals surface area contributed by atoms with Gasteiger partial charge >= 0.3 is 0 Å². The quantitative estimate of drug-likeness (QED) is 0.372. The molecule has 0 aromatic heterocycles. The molecule has 0 unspecified atom stereocenters. The van der Waals surface area contributed by atoms with Crippen LogP contribution < -0.4 is 4.90 Å². The molecular formula is C32H44N2O4Si. The molecular weight excluding hydrogens is 504 g/mol. The second-order valence-corrected chi connectivity index (χ2v) is 18.4. The monoisotopic (exact) mass is 548 g/mol. The summed E-state index contributed by atoms with van der Waals surface area (Å²) in [4.78, 5) is 2.12. The van der Waals surface area contributed by atoms with Crippen LogP contribution in [0.1, 0.15) is 56.9 Å². The van der Waals surface area contributed by atoms with Gasteiger partial charge in [0.1, 0.15) is 6.07 Å². The number of ether oxygens (including phenoxy) is 2. The number of rotatable bonds is 4. The molecule has 6 rings (SSSR count). The van der Waals surface area contributed by atoms with Crippen molar-refractivity contribution in [2.75, 3.05) is 32.2 Å². The van der Waals surface area contributed by atoms with E-state index in [2.05, 4.69) is 88.0 Å². The minimum absolute atomic E-state index is 0.117. The topological polar surface area (TPSA) is 75.0 Å². The molecule has 7 heteroatoms. The Morgan fingerprint density at radius 1 is 1.10 bits per heavy atom. The molecule has 5 aliphatic rings. The molecule has 0 bridgehead atoms. The van der Waals surface area contributed by atoms with Crippen LogP contribution in [-0.2, 0) is 13.9 Å². The van der Waals surface area contributed by atoms with Crippen molar-refractivity contribution in [2.45, 2.75) is 88.0 Å². The summed E-state index contributed by atoms with van der Waals surface area (Å²) in [6.45, 7) is 10.0. The maximum Gasteiger partial charge on any atom is 0.186 e. The van der Waals surface area contributed by atoms with E-state index in [-0.39, 0.29) is 23.2 Å². The molecule has 210 valence electrons. The van der Waals surface area contributed by atoms with Crippen molar-refractivity contribution in [2.24, 2.45) is 17.3 Å². The Balaban J connectivity index is 1.48. The summed E-state index contributed by atoms with van der Waals surface area (Å²) in [5.74, 6) is -0.0560. The summed E-state index contributed by atoms with van der Waals surface area (Å²) in [7, 11) is 2.10. The van der Waals surface area contributed by atoms with Gasteiger partial charge < -0.3 is 23.9 Å². The van der Waals surface area contributed by atoms with Crippen molar-refractivity contribution in [1.29, 1.82) is 5.26 Å². The SMILES string of the molecule is CN(C)c1ccc([C@H]2C[C@@]3(C)[C@@H](C=C[C@@]3(C#N)O[Si](C)(C)C)[C@@H]3CC[C@@]4(O)CC5(CCC4=C32)OCCO5)cc1. The number of allylic oxidation sites excluding steroid dienone is 2. The molecule has 6 atom stereocenters. The summed E-state index contributed by atoms with van der Waals surface area (Å²) in [5.41, 5.74) is 2.84. The third kappa shape index (κ3) is 4.17. The van der Waals surface area contributed by atoms with Crippen LogP contribution in [0.3, 0.4) is 0 Å². The van der Waals surface area contributed by atoms with Gasteiger partial charge in [0.25, 0.3) is 0 Å². The molecule has 1 aromatic carbocycles. The van der Waals surface area contributed by atoms with E-state index in [1.165, 1.54) is 22.4 Å². The van der Waals surface area contributed by atoms with Gasteiger partial charge in [-0.15, -0.1) is 0 Å². The molecule has 4 aliphatic carbocycles. The number of hydrogen-bond acceptors (Lipinski definition) is 6. The van der Waals surface area contributed by atoms with Gasteiger partial charge in [-0.05, 0) is 86.5 Å². The van der Waals surface area contributed by atoms with Gasteiger partial charge in [-0.1, -0.05) is 30.7 Å². The summed E-state index contributed by atoms with van der Waals surface area (Å²) in [5, 5.41) is 22.9. The van der Waals surface area contributed by atoms with Gasteiger partial charge in [0, 0.05) is 44.0 Å². The Morgan fingerprint density at radius 2 is 1.79 bits per heavy atom. The zero-order valence-electron chi connectivity index (χ0n) is 24.4. The number of nitrogens with zero attached hydrogens (tertiary/aromatic N) is 2. The Morgan fingerprint density at radius 3 is 2.41 bits per heavy atom. The van der Waals surface area contributed by atoms with Gasteiger partial charge in [-0.25, -0.2) is 0 Å². The lowest BCUT2D eigenvalue weighted by atomic mass is 9.49. The lowest BCUT2D eigenvalue weighted by Crippen LogP contribution is -2.57. The summed E-state index contributed by atoms with van der Waals surface area (Å²) < 4.78 is 19.0. The predicted octanol–water partition coefficient (Wildman–Crippen LogP) is 5.91. The second kappa shape index (κ2) is 9.02. The average molecular weight is 549 g/mol. The molecule has 6 nitrogen and oxygen atoms in total. The van der Waals surface area contributed by atoms with Gasteiger partial charge in [-0.3, -0.25) is 0 Å². The lowest BCUT2D eigenvalue weighted by Gasteiger charge is -2.57. The van der Waals surface area contributed by atoms with E-state index in [0.717, 1.165) is 25.7 Å². The van der Waals surface area contributed by atoms with Gasteiger partial charge in [0.2, 0.25) is 0 Å². The van der Waals surface area contributed by atoms with Crippen molar-refractivity contribution in [1.82, 2.24) is 0 Å². The fourth-order valence-electron chi connectivity index (χ4n) is 8.61. The fraction of sp³-hybridized carbons (Fsp3) is 0.656. The molecule has 1 N–H and O–H groups in total. The number of aliphatic hydroxyl groups is 1. The number of hydrogen-bond donors (Lipinski definition) is 1. The molecule has 1 saturated heterocycles. The molecule has 1 aliphatic heterocycles. The Labute approximate surface area is 234 Å². The van der Waals surface area contributed by atoms with Gasteiger partial charge in [-0.2, -0.15) is 5.26 Å². The van der Waals surface area contributed by atoms with Crippen molar-refractivity contribution < 1.29 is 19.0 Å². The van der Waals surface area contributed by atoms with Crippen LogP contribution in [0.15, 0.2) is 47.6 Å². The Hall–Kier alpha value is -1.95. The van der Waals surface area contributed by atoms with E-state index in [1.807, 2.05) is 0 Å². The van der Waals surface area contributed by atoms with E-state index >= 15 is 0 Å². The van der Waals surface area contributed by atoms with Crippen molar-refractivity contribution in [3.8, 4) is 6.07 Å². The number of benzene rings is 1. The van der Waals surface area contributed by atoms with Gasteiger partial charge in [0.05, 0.1) is 18.8 Å². The molecule has 0 radical (unpaired) electrons. The highest BCUT2D eigenvalue weighted by atomic mass is 28.4. The first-order valence-corrected chi connectivity index (χ1v) is 18.1. The number of anilines is 1. The first-order valence-electron chi connectivity index (χ1n) is 14.7. The smallest absolute Gasteiger partial charge is 0.186 e. The van der Waals surface area contributed by atoms with E-state index in [1.54, 1.807) is 0 Å². The highest BCUT2D eigenvalue weighted by Gasteiger charge is 2.65. The van der Waals surface area contributed by atoms with Crippen LogP contribution in [0, 0.1) is 28.6 Å². The maximum absolute atomic E-state index is 12.2. The fourth-order valence-corrected chi connectivity index (χ4v) is 9.93. The molecule has 0 amide bonds. The minimum Gasteiger partial charge on any atom is -0.397 e. The van der Waals surface area contributed by atoms with Crippen molar-refractivity contribution >= 4 is 14.0 Å². The first-order chi connectivity index (χ1) is 18.3. The number of nitriles is 1. The molecule has 1 heterocycles. The van der Waals surface area contributed by atoms with Crippen molar-refractivity contribution in [3.63, 3.8) is 0 Å². The second-order valence-electron chi connectivity index (χ2n) is 14.0. The zero-order valence-corrected chi connectivity index (χ0v) is 25.4. The van der Waals surface area contributed by atoms with E-state index in [0.29, 0.717) is 26.1 Å². The highest BCUT2D eigenvalue weighted by molar-refractivity contribution is 6.69. The van der Waals surface area contributed by atoms with E-state index < -0.39 is 25.3 Å². The maximum atomic E-state index is 12.2. The molecule has 3 fully saturated rings. The largest absolute Gasteiger partial charge is 0.397 e.